The Balaban J connectivity index is 2.18. The molecule has 0 bridgehead atoms. The van der Waals surface area contributed by atoms with Crippen LogP contribution < -0.4 is 5.32 Å². The molecule has 0 radical (unpaired) electrons. The molecule has 6 heteroatoms. The average Bonchev–Trinajstić information content (AvgIpc) is 2.83. The second kappa shape index (κ2) is 6.27. The molecule has 0 heterocycles. The van der Waals surface area contributed by atoms with Crippen molar-refractivity contribution >= 4 is 33.5 Å². The van der Waals surface area contributed by atoms with E-state index in [0.717, 1.165) is 4.47 Å². The second-order valence-electron chi connectivity index (χ2n) is 5.42. The zero-order valence-corrected chi connectivity index (χ0v) is 13.1. The number of nitrogens with zero attached hydrogens (tertiary/aromatic N) is 1. The minimum atomic E-state index is -0.934. The Bertz CT molecular complexity index is 624. The molecule has 1 amide bonds. The van der Waals surface area contributed by atoms with Gasteiger partial charge < -0.3 is 10.4 Å². The highest BCUT2D eigenvalue weighted by Gasteiger charge is 2.41. The Labute approximate surface area is 131 Å². The summed E-state index contributed by atoms with van der Waals surface area (Å²) in [7, 11) is 0. The summed E-state index contributed by atoms with van der Waals surface area (Å²) >= 11 is 3.26. The average molecular weight is 351 g/mol. The van der Waals surface area contributed by atoms with Crippen molar-refractivity contribution in [2.24, 2.45) is 17.8 Å². The van der Waals surface area contributed by atoms with Gasteiger partial charge in [0.25, 0.3) is 0 Å². The number of hydrogen-bond acceptors (Lipinski definition) is 3. The number of amides is 1. The van der Waals surface area contributed by atoms with Crippen molar-refractivity contribution in [1.29, 1.82) is 5.26 Å². The first-order valence-corrected chi connectivity index (χ1v) is 7.45. The van der Waals surface area contributed by atoms with Crippen molar-refractivity contribution in [1.82, 2.24) is 0 Å². The van der Waals surface area contributed by atoms with Crippen LogP contribution >= 0.6 is 15.9 Å². The molecule has 1 aliphatic carbocycles. The zero-order chi connectivity index (χ0) is 15.6. The first-order valence-electron chi connectivity index (χ1n) is 6.65. The first-order chi connectivity index (χ1) is 9.92. The molecule has 1 saturated carbocycles. The van der Waals surface area contributed by atoms with Crippen molar-refractivity contribution < 1.29 is 14.7 Å². The number of carboxylic acids is 1. The highest BCUT2D eigenvalue weighted by atomic mass is 79.9. The lowest BCUT2D eigenvalue weighted by Crippen LogP contribution is -2.30. The molecular formula is C15H15BrN2O3. The number of carbonyl (C=O) groups excluding carboxylic acids is 1. The van der Waals surface area contributed by atoms with Gasteiger partial charge in [0, 0.05) is 4.47 Å². The number of rotatable bonds is 3. The Kier molecular flexibility index (Phi) is 4.63. The topological polar surface area (TPSA) is 90.2 Å². The molecule has 2 rings (SSSR count). The van der Waals surface area contributed by atoms with Gasteiger partial charge in [-0.05, 0) is 37.0 Å². The van der Waals surface area contributed by atoms with Gasteiger partial charge in [0.15, 0.2) is 0 Å². The molecule has 21 heavy (non-hydrogen) atoms. The van der Waals surface area contributed by atoms with E-state index in [1.54, 1.807) is 18.2 Å². The molecule has 0 saturated heterocycles. The van der Waals surface area contributed by atoms with E-state index in [2.05, 4.69) is 21.2 Å². The molecule has 1 unspecified atom stereocenters. The van der Waals surface area contributed by atoms with Crippen molar-refractivity contribution in [3.8, 4) is 6.07 Å². The smallest absolute Gasteiger partial charge is 0.307 e. The molecule has 2 N–H and O–H groups in total. The first kappa shape index (κ1) is 15.5. The summed E-state index contributed by atoms with van der Waals surface area (Å²) in [6, 6.07) is 6.98. The Morgan fingerprint density at radius 3 is 2.67 bits per heavy atom. The minimum absolute atomic E-state index is 0.210. The lowest BCUT2D eigenvalue weighted by atomic mass is 9.95. The predicted octanol–water partition coefficient (Wildman–Crippen LogP) is 3.01. The van der Waals surface area contributed by atoms with Gasteiger partial charge >= 0.3 is 5.97 Å². The summed E-state index contributed by atoms with van der Waals surface area (Å²) in [5.74, 6) is -2.25. The molecule has 0 spiro atoms. The van der Waals surface area contributed by atoms with Crippen LogP contribution in [0.1, 0.15) is 25.3 Å². The molecule has 0 aromatic heterocycles. The summed E-state index contributed by atoms with van der Waals surface area (Å²) in [5, 5.41) is 21.0. The van der Waals surface area contributed by atoms with E-state index in [-0.39, 0.29) is 11.8 Å². The Morgan fingerprint density at radius 2 is 2.05 bits per heavy atom. The third-order valence-electron chi connectivity index (χ3n) is 3.81. The number of halogens is 1. The Morgan fingerprint density at radius 1 is 1.38 bits per heavy atom. The number of nitrogens with one attached hydrogen (secondary N) is 1. The highest BCUT2D eigenvalue weighted by molar-refractivity contribution is 9.10. The summed E-state index contributed by atoms with van der Waals surface area (Å²) in [6.07, 6.45) is 1.07. The predicted molar refractivity (Wildman–Crippen MR) is 80.5 cm³/mol. The van der Waals surface area contributed by atoms with E-state index >= 15 is 0 Å². The maximum absolute atomic E-state index is 12.3. The molecule has 5 nitrogen and oxygen atoms in total. The zero-order valence-electron chi connectivity index (χ0n) is 11.5. The lowest BCUT2D eigenvalue weighted by molar-refractivity contribution is -0.145. The van der Waals surface area contributed by atoms with Crippen molar-refractivity contribution in [3.05, 3.63) is 28.2 Å². The minimum Gasteiger partial charge on any atom is -0.481 e. The molecule has 0 aliphatic heterocycles. The second-order valence-corrected chi connectivity index (χ2v) is 6.33. The third kappa shape index (κ3) is 3.42. The quantitative estimate of drug-likeness (QED) is 0.876. The monoisotopic (exact) mass is 350 g/mol. The summed E-state index contributed by atoms with van der Waals surface area (Å²) < 4.78 is 0.745. The van der Waals surface area contributed by atoms with Gasteiger partial charge in [0.2, 0.25) is 5.91 Å². The van der Waals surface area contributed by atoms with Gasteiger partial charge in [-0.15, -0.1) is 0 Å². The number of hydrogen-bond donors (Lipinski definition) is 2. The summed E-state index contributed by atoms with van der Waals surface area (Å²) in [4.78, 5) is 23.6. The van der Waals surface area contributed by atoms with E-state index in [1.165, 1.54) is 0 Å². The number of nitriles is 1. The lowest BCUT2D eigenvalue weighted by Gasteiger charge is -2.16. The fourth-order valence-corrected chi connectivity index (χ4v) is 3.16. The molecule has 1 aromatic rings. The van der Waals surface area contributed by atoms with Gasteiger partial charge in [0.1, 0.15) is 6.07 Å². The number of anilines is 1. The van der Waals surface area contributed by atoms with E-state index in [9.17, 15) is 14.7 Å². The third-order valence-corrected chi connectivity index (χ3v) is 4.31. The maximum atomic E-state index is 12.3. The van der Waals surface area contributed by atoms with E-state index in [0.29, 0.717) is 24.1 Å². The number of carboxylic acid groups (broad SMARTS) is 1. The summed E-state index contributed by atoms with van der Waals surface area (Å²) in [6.45, 7) is 1.95. The molecule has 110 valence electrons. The van der Waals surface area contributed by atoms with Crippen LogP contribution in [0.5, 0.6) is 0 Å². The number of aliphatic carboxylic acids is 1. The van der Waals surface area contributed by atoms with E-state index in [1.807, 2.05) is 13.0 Å². The van der Waals surface area contributed by atoms with Crippen LogP contribution in [-0.2, 0) is 9.59 Å². The molecular weight excluding hydrogens is 336 g/mol. The van der Waals surface area contributed by atoms with Gasteiger partial charge in [-0.2, -0.15) is 5.26 Å². The molecule has 3 atom stereocenters. The van der Waals surface area contributed by atoms with Crippen LogP contribution in [0.25, 0.3) is 0 Å². The maximum Gasteiger partial charge on any atom is 0.307 e. The van der Waals surface area contributed by atoms with Crippen LogP contribution in [0.2, 0.25) is 0 Å². The highest BCUT2D eigenvalue weighted by Crippen LogP contribution is 2.37. The Hall–Kier alpha value is -1.87. The fraction of sp³-hybridized carbons (Fsp3) is 0.400. The SMILES string of the molecule is CC1C[C@H](C(=O)Nc2ccc(Br)cc2C#N)[C@H](C(=O)O)C1. The van der Waals surface area contributed by atoms with E-state index < -0.39 is 17.8 Å². The summed E-state index contributed by atoms with van der Waals surface area (Å²) in [5.41, 5.74) is 0.755. The van der Waals surface area contributed by atoms with E-state index in [4.69, 9.17) is 5.26 Å². The van der Waals surface area contributed by atoms with Crippen LogP contribution in [-0.4, -0.2) is 17.0 Å². The fourth-order valence-electron chi connectivity index (χ4n) is 2.80. The van der Waals surface area contributed by atoms with Crippen molar-refractivity contribution in [3.63, 3.8) is 0 Å². The molecule has 1 aromatic carbocycles. The standard InChI is InChI=1S/C15H15BrN2O3/c1-8-4-11(12(5-8)15(20)21)14(19)18-13-3-2-10(16)6-9(13)7-17/h2-3,6,8,11-12H,4-5H2,1H3,(H,18,19)(H,20,21)/t8?,11-,12+/m0/s1. The van der Waals surface area contributed by atoms with Crippen LogP contribution in [0.15, 0.2) is 22.7 Å². The largest absolute Gasteiger partial charge is 0.481 e. The van der Waals surface area contributed by atoms with Gasteiger partial charge in [-0.25, -0.2) is 0 Å². The van der Waals surface area contributed by atoms with Gasteiger partial charge in [-0.1, -0.05) is 22.9 Å². The van der Waals surface area contributed by atoms with Gasteiger partial charge in [-0.3, -0.25) is 9.59 Å². The number of carbonyl (C=O) groups is 2. The molecule has 1 aliphatic rings. The van der Waals surface area contributed by atoms with Crippen LogP contribution in [0.3, 0.4) is 0 Å². The van der Waals surface area contributed by atoms with Crippen LogP contribution in [0.4, 0.5) is 5.69 Å². The number of benzene rings is 1. The molecule has 1 fully saturated rings. The van der Waals surface area contributed by atoms with Gasteiger partial charge in [0.05, 0.1) is 23.1 Å². The van der Waals surface area contributed by atoms with Crippen LogP contribution in [0, 0.1) is 29.1 Å². The van der Waals surface area contributed by atoms with Crippen molar-refractivity contribution in [2.45, 2.75) is 19.8 Å². The van der Waals surface area contributed by atoms with Crippen molar-refractivity contribution in [2.75, 3.05) is 5.32 Å². The normalized spacial score (nSPS) is 24.3.